The first-order chi connectivity index (χ1) is 9.01. The lowest BCUT2D eigenvalue weighted by Crippen LogP contribution is -2.53. The Balaban J connectivity index is 2.42. The third-order valence-electron chi connectivity index (χ3n) is 3.66. The van der Waals surface area contributed by atoms with Gasteiger partial charge in [-0.05, 0) is 25.7 Å². The molecule has 19 heavy (non-hydrogen) atoms. The second-order valence-electron chi connectivity index (χ2n) is 5.49. The third-order valence-corrected chi connectivity index (χ3v) is 3.66. The van der Waals surface area contributed by atoms with Gasteiger partial charge in [0.2, 0.25) is 5.91 Å². The van der Waals surface area contributed by atoms with Crippen molar-refractivity contribution in [1.29, 1.82) is 0 Å². The summed E-state index contributed by atoms with van der Waals surface area (Å²) in [6, 6.07) is 0. The van der Waals surface area contributed by atoms with Crippen LogP contribution in [-0.2, 0) is 14.3 Å². The Labute approximate surface area is 114 Å². The molecule has 0 aromatic rings. The minimum atomic E-state index is -0.497. The quantitative estimate of drug-likeness (QED) is 0.716. The van der Waals surface area contributed by atoms with Crippen molar-refractivity contribution < 1.29 is 19.4 Å². The van der Waals surface area contributed by atoms with E-state index in [1.807, 2.05) is 0 Å². The van der Waals surface area contributed by atoms with E-state index in [1.54, 1.807) is 6.92 Å². The second-order valence-corrected chi connectivity index (χ2v) is 5.49. The van der Waals surface area contributed by atoms with Crippen molar-refractivity contribution in [3.8, 4) is 0 Å². The molecule has 110 valence electrons. The highest BCUT2D eigenvalue weighted by molar-refractivity contribution is 5.81. The van der Waals surface area contributed by atoms with Crippen molar-refractivity contribution in [3.63, 3.8) is 0 Å². The molecule has 0 saturated heterocycles. The molecule has 0 radical (unpaired) electrons. The van der Waals surface area contributed by atoms with Crippen LogP contribution in [0.2, 0.25) is 0 Å². The van der Waals surface area contributed by atoms with Crippen molar-refractivity contribution in [3.05, 3.63) is 0 Å². The molecule has 1 amide bonds. The predicted molar refractivity (Wildman–Crippen MR) is 71.5 cm³/mol. The van der Waals surface area contributed by atoms with Gasteiger partial charge in [-0.3, -0.25) is 9.59 Å². The van der Waals surface area contributed by atoms with Crippen molar-refractivity contribution >= 4 is 11.9 Å². The number of aliphatic hydroxyl groups excluding tert-OH is 1. The number of ether oxygens (including phenoxy) is 1. The number of hydrogen-bond donors (Lipinski definition) is 2. The van der Waals surface area contributed by atoms with E-state index in [1.165, 1.54) is 0 Å². The summed E-state index contributed by atoms with van der Waals surface area (Å²) in [6.07, 6.45) is 3.97. The Morgan fingerprint density at radius 1 is 1.42 bits per heavy atom. The molecule has 0 aromatic carbocycles. The van der Waals surface area contributed by atoms with Gasteiger partial charge in [-0.25, -0.2) is 0 Å². The first-order valence-corrected chi connectivity index (χ1v) is 7.09. The number of aliphatic hydroxyl groups is 1. The van der Waals surface area contributed by atoms with E-state index >= 15 is 0 Å². The van der Waals surface area contributed by atoms with Crippen LogP contribution in [0.25, 0.3) is 0 Å². The Bertz CT molecular complexity index is 319. The molecular weight excluding hydrogens is 246 g/mol. The molecule has 0 bridgehead atoms. The Hall–Kier alpha value is -1.10. The monoisotopic (exact) mass is 271 g/mol. The van der Waals surface area contributed by atoms with Gasteiger partial charge >= 0.3 is 5.97 Å². The van der Waals surface area contributed by atoms with E-state index < -0.39 is 5.54 Å². The topological polar surface area (TPSA) is 75.6 Å². The van der Waals surface area contributed by atoms with Crippen molar-refractivity contribution in [2.75, 3.05) is 13.2 Å². The molecule has 5 nitrogen and oxygen atoms in total. The summed E-state index contributed by atoms with van der Waals surface area (Å²) in [5.41, 5.74) is -0.497. The van der Waals surface area contributed by atoms with Crippen LogP contribution in [0, 0.1) is 5.92 Å². The highest BCUT2D eigenvalue weighted by atomic mass is 16.5. The Kier molecular flexibility index (Phi) is 6.28. The van der Waals surface area contributed by atoms with Crippen molar-refractivity contribution in [2.45, 2.75) is 57.9 Å². The highest BCUT2D eigenvalue weighted by Gasteiger charge is 2.35. The van der Waals surface area contributed by atoms with E-state index in [0.29, 0.717) is 12.5 Å². The number of carbonyl (C=O) groups excluding carboxylic acids is 2. The highest BCUT2D eigenvalue weighted by Crippen LogP contribution is 2.32. The summed E-state index contributed by atoms with van der Waals surface area (Å²) in [5, 5.41) is 12.5. The van der Waals surface area contributed by atoms with E-state index in [-0.39, 0.29) is 31.3 Å². The summed E-state index contributed by atoms with van der Waals surface area (Å²) in [6.45, 7) is 4.16. The molecule has 0 heterocycles. The maximum absolute atomic E-state index is 11.9. The fourth-order valence-electron chi connectivity index (χ4n) is 2.76. The SMILES string of the molecule is CCOC(=O)CCC(=O)NC1(CO)CCCC(C)C1. The molecule has 0 spiro atoms. The normalized spacial score (nSPS) is 26.8. The number of carbonyl (C=O) groups is 2. The zero-order chi connectivity index (χ0) is 14.3. The molecule has 1 aliphatic carbocycles. The lowest BCUT2D eigenvalue weighted by Gasteiger charge is -2.39. The molecule has 0 aromatic heterocycles. The lowest BCUT2D eigenvalue weighted by molar-refractivity contribution is -0.144. The third kappa shape index (κ3) is 5.19. The van der Waals surface area contributed by atoms with E-state index in [2.05, 4.69) is 12.2 Å². The van der Waals surface area contributed by atoms with Gasteiger partial charge in [0, 0.05) is 6.42 Å². The van der Waals surface area contributed by atoms with Crippen LogP contribution in [0.4, 0.5) is 0 Å². The zero-order valence-corrected chi connectivity index (χ0v) is 11.9. The van der Waals surface area contributed by atoms with Gasteiger partial charge < -0.3 is 15.2 Å². The predicted octanol–water partition coefficient (Wildman–Crippen LogP) is 1.39. The number of nitrogens with one attached hydrogen (secondary N) is 1. The first kappa shape index (κ1) is 16.0. The number of rotatable bonds is 6. The largest absolute Gasteiger partial charge is 0.466 e. The average Bonchev–Trinajstić information content (AvgIpc) is 2.37. The number of amides is 1. The van der Waals surface area contributed by atoms with Gasteiger partial charge in [0.05, 0.1) is 25.2 Å². The van der Waals surface area contributed by atoms with Crippen LogP contribution in [-0.4, -0.2) is 35.7 Å². The zero-order valence-electron chi connectivity index (χ0n) is 11.9. The van der Waals surface area contributed by atoms with Crippen LogP contribution in [0.1, 0.15) is 52.4 Å². The van der Waals surface area contributed by atoms with Gasteiger partial charge in [-0.1, -0.05) is 19.8 Å². The summed E-state index contributed by atoms with van der Waals surface area (Å²) in [5.74, 6) is -0.0322. The maximum Gasteiger partial charge on any atom is 0.306 e. The molecule has 1 fully saturated rings. The summed E-state index contributed by atoms with van der Waals surface area (Å²) < 4.78 is 4.78. The van der Waals surface area contributed by atoms with Crippen LogP contribution >= 0.6 is 0 Å². The molecule has 0 aliphatic heterocycles. The Morgan fingerprint density at radius 3 is 2.74 bits per heavy atom. The van der Waals surface area contributed by atoms with Crippen LogP contribution < -0.4 is 5.32 Å². The number of hydrogen-bond acceptors (Lipinski definition) is 4. The van der Waals surface area contributed by atoms with E-state index in [4.69, 9.17) is 4.74 Å². The molecule has 1 rings (SSSR count). The molecule has 5 heteroatoms. The summed E-state index contributed by atoms with van der Waals surface area (Å²) >= 11 is 0. The van der Waals surface area contributed by atoms with E-state index in [9.17, 15) is 14.7 Å². The minimum Gasteiger partial charge on any atom is -0.466 e. The van der Waals surface area contributed by atoms with Gasteiger partial charge in [0.1, 0.15) is 0 Å². The smallest absolute Gasteiger partial charge is 0.306 e. The fourth-order valence-corrected chi connectivity index (χ4v) is 2.76. The molecular formula is C14H25NO4. The molecule has 1 saturated carbocycles. The molecule has 2 unspecified atom stereocenters. The van der Waals surface area contributed by atoms with Crippen molar-refractivity contribution in [1.82, 2.24) is 5.32 Å². The van der Waals surface area contributed by atoms with Crippen molar-refractivity contribution in [2.24, 2.45) is 5.92 Å². The molecule has 1 aliphatic rings. The van der Waals surface area contributed by atoms with Crippen LogP contribution in [0.15, 0.2) is 0 Å². The molecule has 2 atom stereocenters. The van der Waals surface area contributed by atoms with Gasteiger partial charge in [-0.2, -0.15) is 0 Å². The van der Waals surface area contributed by atoms with Crippen LogP contribution in [0.3, 0.4) is 0 Å². The standard InChI is InChI=1S/C14H25NO4/c1-3-19-13(18)7-6-12(17)15-14(10-16)8-4-5-11(2)9-14/h11,16H,3-10H2,1-2H3,(H,15,17). The first-order valence-electron chi connectivity index (χ1n) is 7.09. The summed E-state index contributed by atoms with van der Waals surface area (Å²) in [4.78, 5) is 23.1. The average molecular weight is 271 g/mol. The summed E-state index contributed by atoms with van der Waals surface area (Å²) in [7, 11) is 0. The van der Waals surface area contributed by atoms with Gasteiger partial charge in [-0.15, -0.1) is 0 Å². The fraction of sp³-hybridized carbons (Fsp3) is 0.857. The Morgan fingerprint density at radius 2 is 2.16 bits per heavy atom. The van der Waals surface area contributed by atoms with Gasteiger partial charge in [0.15, 0.2) is 0 Å². The van der Waals surface area contributed by atoms with Crippen LogP contribution in [0.5, 0.6) is 0 Å². The van der Waals surface area contributed by atoms with Gasteiger partial charge in [0.25, 0.3) is 0 Å². The lowest BCUT2D eigenvalue weighted by atomic mass is 9.76. The second kappa shape index (κ2) is 7.48. The maximum atomic E-state index is 11.9. The molecule has 2 N–H and O–H groups in total. The number of esters is 1. The van der Waals surface area contributed by atoms with E-state index in [0.717, 1.165) is 25.7 Å². The minimum absolute atomic E-state index is 0.0392.